The number of nitrogens with one attached hydrogen (secondary N) is 2. The molecule has 1 saturated carbocycles. The molecule has 10 heteroatoms. The van der Waals surface area contributed by atoms with Gasteiger partial charge in [-0.2, -0.15) is 0 Å². The number of nitrogens with zero attached hydrogens (tertiary/aromatic N) is 1. The summed E-state index contributed by atoms with van der Waals surface area (Å²) in [5.74, 6) is -0.429. The van der Waals surface area contributed by atoms with Gasteiger partial charge in [0.1, 0.15) is 11.6 Å². The van der Waals surface area contributed by atoms with Gasteiger partial charge in [0.2, 0.25) is 10.0 Å². The Labute approximate surface area is 174 Å². The summed E-state index contributed by atoms with van der Waals surface area (Å²) >= 11 is 0. The van der Waals surface area contributed by atoms with E-state index in [1.807, 2.05) is 0 Å². The largest absolute Gasteiger partial charge is 0.396 e. The first-order chi connectivity index (χ1) is 14.1. The van der Waals surface area contributed by atoms with Crippen LogP contribution < -0.4 is 15.6 Å². The number of hydrogen-bond donors (Lipinski definition) is 3. The van der Waals surface area contributed by atoms with Crippen LogP contribution in [0.3, 0.4) is 0 Å². The minimum Gasteiger partial charge on any atom is -0.396 e. The van der Waals surface area contributed by atoms with Gasteiger partial charge in [-0.05, 0) is 49.9 Å². The minimum absolute atomic E-state index is 0.0116. The van der Waals surface area contributed by atoms with E-state index < -0.39 is 26.1 Å². The number of aromatic nitrogens is 1. The molecule has 0 aliphatic heterocycles. The highest BCUT2D eigenvalue weighted by Gasteiger charge is 2.54. The second-order valence-corrected chi connectivity index (χ2v) is 9.68. The van der Waals surface area contributed by atoms with E-state index in [4.69, 9.17) is 4.74 Å². The van der Waals surface area contributed by atoms with Crippen molar-refractivity contribution in [2.24, 2.45) is 7.05 Å². The molecule has 1 heterocycles. The topological polar surface area (TPSA) is 110 Å². The molecule has 1 aliphatic carbocycles. The predicted octanol–water partition coefficient (Wildman–Crippen LogP) is 2.38. The molecule has 0 atom stereocenters. The van der Waals surface area contributed by atoms with Crippen LogP contribution in [0.1, 0.15) is 30.4 Å². The highest BCUT2D eigenvalue weighted by Crippen LogP contribution is 2.47. The molecule has 30 heavy (non-hydrogen) atoms. The molecule has 0 unspecified atom stereocenters. The Hall–Kier alpha value is -2.43. The zero-order valence-corrected chi connectivity index (χ0v) is 18.0. The van der Waals surface area contributed by atoms with Crippen molar-refractivity contribution in [3.8, 4) is 0 Å². The highest BCUT2D eigenvalue weighted by atomic mass is 32.2. The molecule has 1 aromatic carbocycles. The van der Waals surface area contributed by atoms with Gasteiger partial charge in [0.25, 0.3) is 5.56 Å². The molecule has 0 saturated heterocycles. The summed E-state index contributed by atoms with van der Waals surface area (Å²) in [7, 11) is -0.962. The number of halogens is 1. The number of ether oxygens (including phenoxy) is 1. The van der Waals surface area contributed by atoms with Crippen LogP contribution in [0.2, 0.25) is 0 Å². The third-order valence-corrected chi connectivity index (χ3v) is 7.60. The Balaban J connectivity index is 2.09. The van der Waals surface area contributed by atoms with Gasteiger partial charge < -0.3 is 15.2 Å². The van der Waals surface area contributed by atoms with Crippen LogP contribution in [-0.2, 0) is 28.4 Å². The predicted molar refractivity (Wildman–Crippen MR) is 113 cm³/mol. The van der Waals surface area contributed by atoms with Crippen molar-refractivity contribution < 1.29 is 22.7 Å². The van der Waals surface area contributed by atoms with Crippen molar-refractivity contribution in [3.05, 3.63) is 51.6 Å². The van der Waals surface area contributed by atoms with Crippen LogP contribution in [0.5, 0.6) is 0 Å². The summed E-state index contributed by atoms with van der Waals surface area (Å²) in [6.07, 6.45) is 0.998. The number of anilines is 3. The Kier molecular flexibility index (Phi) is 6.21. The summed E-state index contributed by atoms with van der Waals surface area (Å²) in [5, 5.41) is 12.1. The van der Waals surface area contributed by atoms with Crippen molar-refractivity contribution >= 4 is 27.2 Å². The molecule has 0 amide bonds. The summed E-state index contributed by atoms with van der Waals surface area (Å²) in [5.41, 5.74) is 0.786. The molecular weight excluding hydrogens is 413 g/mol. The molecular formula is C20H26FN3O5S. The van der Waals surface area contributed by atoms with E-state index in [1.165, 1.54) is 36.9 Å². The molecule has 3 N–H and O–H groups in total. The monoisotopic (exact) mass is 439 g/mol. The first-order valence-corrected chi connectivity index (χ1v) is 11.0. The molecule has 1 aliphatic rings. The Morgan fingerprint density at radius 1 is 1.27 bits per heavy atom. The maximum atomic E-state index is 14.4. The minimum atomic E-state index is -3.86. The van der Waals surface area contributed by atoms with E-state index in [0.717, 1.165) is 5.56 Å². The van der Waals surface area contributed by atoms with E-state index in [9.17, 15) is 22.7 Å². The van der Waals surface area contributed by atoms with Gasteiger partial charge in [-0.25, -0.2) is 12.8 Å². The summed E-state index contributed by atoms with van der Waals surface area (Å²) in [4.78, 5) is 12.7. The molecule has 8 nitrogen and oxygen atoms in total. The molecule has 164 valence electrons. The average Bonchev–Trinajstić information content (AvgIpc) is 3.46. The lowest BCUT2D eigenvalue weighted by atomic mass is 10.2. The van der Waals surface area contributed by atoms with Crippen molar-refractivity contribution in [1.29, 1.82) is 0 Å². The highest BCUT2D eigenvalue weighted by molar-refractivity contribution is 7.94. The van der Waals surface area contributed by atoms with Gasteiger partial charge in [0, 0.05) is 26.3 Å². The van der Waals surface area contributed by atoms with Gasteiger partial charge in [-0.3, -0.25) is 14.1 Å². The van der Waals surface area contributed by atoms with Crippen molar-refractivity contribution in [2.75, 3.05) is 23.8 Å². The normalized spacial score (nSPS) is 15.1. The zero-order valence-electron chi connectivity index (χ0n) is 17.2. The molecule has 1 aromatic heterocycles. The quantitative estimate of drug-likeness (QED) is 0.554. The van der Waals surface area contributed by atoms with E-state index >= 15 is 0 Å². The van der Waals surface area contributed by atoms with Gasteiger partial charge in [-0.15, -0.1) is 0 Å². The second kappa shape index (κ2) is 8.37. The SMILES string of the molecule is COCc1cc(NS(=O)(=O)C2(CCO)CC2)c(Nc2ccc(C)cc2F)n(C)c1=O. The number of rotatable bonds is 9. The number of aliphatic hydroxyl groups excluding tert-OH is 1. The summed E-state index contributed by atoms with van der Waals surface area (Å²) in [6.45, 7) is 1.49. The summed E-state index contributed by atoms with van der Waals surface area (Å²) < 4.78 is 48.2. The molecule has 0 spiro atoms. The van der Waals surface area contributed by atoms with Gasteiger partial charge in [0.05, 0.1) is 22.7 Å². The van der Waals surface area contributed by atoms with Gasteiger partial charge in [-0.1, -0.05) is 6.07 Å². The third kappa shape index (κ3) is 4.21. The lowest BCUT2D eigenvalue weighted by molar-refractivity contribution is 0.183. The number of pyridine rings is 1. The maximum Gasteiger partial charge on any atom is 0.257 e. The number of aliphatic hydroxyl groups is 1. The van der Waals surface area contributed by atoms with E-state index in [2.05, 4.69) is 10.0 Å². The molecule has 0 bridgehead atoms. The van der Waals surface area contributed by atoms with Crippen LogP contribution in [0.4, 0.5) is 21.6 Å². The summed E-state index contributed by atoms with van der Waals surface area (Å²) in [6, 6.07) is 5.95. The van der Waals surface area contributed by atoms with Crippen LogP contribution in [0.15, 0.2) is 29.1 Å². The smallest absolute Gasteiger partial charge is 0.257 e. The van der Waals surface area contributed by atoms with Crippen LogP contribution in [-0.4, -0.2) is 36.6 Å². The fourth-order valence-corrected chi connectivity index (χ4v) is 5.05. The van der Waals surface area contributed by atoms with E-state index in [-0.39, 0.29) is 42.4 Å². The van der Waals surface area contributed by atoms with Crippen molar-refractivity contribution in [1.82, 2.24) is 4.57 Å². The molecule has 3 rings (SSSR count). The number of aryl methyl sites for hydroxylation is 1. The average molecular weight is 440 g/mol. The number of sulfonamides is 1. The number of hydrogen-bond acceptors (Lipinski definition) is 6. The van der Waals surface area contributed by atoms with E-state index in [0.29, 0.717) is 12.8 Å². The van der Waals surface area contributed by atoms with Crippen LogP contribution in [0.25, 0.3) is 0 Å². The van der Waals surface area contributed by atoms with E-state index in [1.54, 1.807) is 13.0 Å². The Morgan fingerprint density at radius 2 is 1.97 bits per heavy atom. The number of benzene rings is 1. The van der Waals surface area contributed by atoms with Gasteiger partial charge >= 0.3 is 0 Å². The zero-order chi connectivity index (χ0) is 22.1. The lowest BCUT2D eigenvalue weighted by Gasteiger charge is -2.22. The number of methoxy groups -OCH3 is 1. The Bertz CT molecular complexity index is 1110. The van der Waals surface area contributed by atoms with Crippen molar-refractivity contribution in [2.45, 2.75) is 37.5 Å². The third-order valence-electron chi connectivity index (χ3n) is 5.36. The lowest BCUT2D eigenvalue weighted by Crippen LogP contribution is -2.32. The van der Waals surface area contributed by atoms with Crippen LogP contribution >= 0.6 is 0 Å². The Morgan fingerprint density at radius 3 is 2.53 bits per heavy atom. The van der Waals surface area contributed by atoms with Crippen molar-refractivity contribution in [3.63, 3.8) is 0 Å². The van der Waals surface area contributed by atoms with Crippen LogP contribution in [0, 0.1) is 12.7 Å². The fraction of sp³-hybridized carbons (Fsp3) is 0.450. The molecule has 1 fully saturated rings. The second-order valence-electron chi connectivity index (χ2n) is 7.60. The van der Waals surface area contributed by atoms with Gasteiger partial charge in [0.15, 0.2) is 0 Å². The standard InChI is InChI=1S/C20H26FN3O5S/c1-13-4-5-16(15(21)10-13)22-18-17(11-14(12-29-3)19(26)24(18)2)23-30(27,28)20(6-7-20)8-9-25/h4-5,10-11,22-23,25H,6-9,12H2,1-3H3. The first kappa shape index (κ1) is 22.3. The maximum absolute atomic E-state index is 14.4. The molecule has 0 radical (unpaired) electrons. The fourth-order valence-electron chi connectivity index (χ4n) is 3.39. The first-order valence-electron chi connectivity index (χ1n) is 9.52. The molecule has 2 aromatic rings.